The largest absolute Gasteiger partial charge is 0.383 e. The van der Waals surface area contributed by atoms with Crippen molar-refractivity contribution in [3.05, 3.63) is 0 Å². The summed E-state index contributed by atoms with van der Waals surface area (Å²) < 4.78 is 10.6. The molecule has 6 heteroatoms. The molecule has 1 aliphatic carbocycles. The number of methoxy groups -OCH3 is 1. The molecule has 1 atom stereocenters. The van der Waals surface area contributed by atoms with E-state index in [-0.39, 0.29) is 11.6 Å². The van der Waals surface area contributed by atoms with Crippen LogP contribution >= 0.6 is 0 Å². The van der Waals surface area contributed by atoms with Crippen molar-refractivity contribution in [3.8, 4) is 0 Å². The summed E-state index contributed by atoms with van der Waals surface area (Å²) in [5.41, 5.74) is 6.23. The van der Waals surface area contributed by atoms with Crippen LogP contribution in [0.15, 0.2) is 4.99 Å². The van der Waals surface area contributed by atoms with Crippen LogP contribution in [0, 0.1) is 0 Å². The Hall–Kier alpha value is -0.850. The Morgan fingerprint density at radius 2 is 2.00 bits per heavy atom. The standard InChI is InChI=1S/C16H32N4O2/c1-14(12-21-2)19-15(17)18-13-16(6-4-3-5-7-16)20-8-10-22-11-9-20/h14H,3-13H2,1-2H3,(H3,17,18,19). The second-order valence-corrected chi connectivity index (χ2v) is 6.59. The van der Waals surface area contributed by atoms with E-state index in [1.807, 2.05) is 6.92 Å². The van der Waals surface area contributed by atoms with E-state index in [2.05, 4.69) is 15.2 Å². The number of hydrogen-bond donors (Lipinski definition) is 2. The molecule has 0 amide bonds. The van der Waals surface area contributed by atoms with Gasteiger partial charge in [-0.05, 0) is 19.8 Å². The van der Waals surface area contributed by atoms with Crippen molar-refractivity contribution >= 4 is 5.96 Å². The lowest BCUT2D eigenvalue weighted by molar-refractivity contribution is -0.0333. The fourth-order valence-corrected chi connectivity index (χ4v) is 3.64. The van der Waals surface area contributed by atoms with Gasteiger partial charge in [-0.15, -0.1) is 0 Å². The molecule has 0 aromatic carbocycles. The van der Waals surface area contributed by atoms with Gasteiger partial charge in [-0.3, -0.25) is 9.89 Å². The van der Waals surface area contributed by atoms with Gasteiger partial charge in [0, 0.05) is 31.8 Å². The number of aliphatic imine (C=N–C) groups is 1. The molecule has 0 aromatic rings. The molecule has 0 bridgehead atoms. The van der Waals surface area contributed by atoms with Gasteiger partial charge >= 0.3 is 0 Å². The summed E-state index contributed by atoms with van der Waals surface area (Å²) in [5.74, 6) is 0.530. The fourth-order valence-electron chi connectivity index (χ4n) is 3.64. The average Bonchev–Trinajstić information content (AvgIpc) is 2.55. The highest BCUT2D eigenvalue weighted by Gasteiger charge is 2.38. The molecule has 2 fully saturated rings. The van der Waals surface area contributed by atoms with Crippen molar-refractivity contribution in [2.75, 3.05) is 46.6 Å². The van der Waals surface area contributed by atoms with E-state index in [1.54, 1.807) is 7.11 Å². The maximum Gasteiger partial charge on any atom is 0.188 e. The third-order valence-corrected chi connectivity index (χ3v) is 4.82. The molecule has 0 aromatic heterocycles. The van der Waals surface area contributed by atoms with E-state index in [0.29, 0.717) is 12.6 Å². The minimum Gasteiger partial charge on any atom is -0.383 e. The molecule has 2 aliphatic rings. The van der Waals surface area contributed by atoms with Gasteiger partial charge in [-0.25, -0.2) is 0 Å². The normalized spacial score (nSPS) is 24.9. The lowest BCUT2D eigenvalue weighted by Gasteiger charge is -2.47. The van der Waals surface area contributed by atoms with Crippen molar-refractivity contribution < 1.29 is 9.47 Å². The minimum atomic E-state index is 0.179. The first-order valence-corrected chi connectivity index (χ1v) is 8.54. The Morgan fingerprint density at radius 3 is 2.64 bits per heavy atom. The number of nitrogens with two attached hydrogens (primary N) is 1. The second kappa shape index (κ2) is 8.70. The van der Waals surface area contributed by atoms with Crippen LogP contribution in [0.5, 0.6) is 0 Å². The zero-order chi connectivity index (χ0) is 15.8. The van der Waals surface area contributed by atoms with E-state index in [1.165, 1.54) is 32.1 Å². The molecule has 1 unspecified atom stereocenters. The highest BCUT2D eigenvalue weighted by atomic mass is 16.5. The number of ether oxygens (including phenoxy) is 2. The first-order valence-electron chi connectivity index (χ1n) is 8.54. The maximum atomic E-state index is 6.05. The van der Waals surface area contributed by atoms with E-state index in [0.717, 1.165) is 32.8 Å². The maximum absolute atomic E-state index is 6.05. The predicted molar refractivity (Wildman–Crippen MR) is 89.2 cm³/mol. The van der Waals surface area contributed by atoms with E-state index in [9.17, 15) is 0 Å². The Labute approximate surface area is 134 Å². The smallest absolute Gasteiger partial charge is 0.188 e. The summed E-state index contributed by atoms with van der Waals surface area (Å²) in [4.78, 5) is 7.25. The number of nitrogens with one attached hydrogen (secondary N) is 1. The van der Waals surface area contributed by atoms with Crippen molar-refractivity contribution in [1.82, 2.24) is 10.2 Å². The Balaban J connectivity index is 1.96. The van der Waals surface area contributed by atoms with Crippen molar-refractivity contribution in [2.24, 2.45) is 10.7 Å². The first kappa shape index (κ1) is 17.5. The molecule has 2 rings (SSSR count). The van der Waals surface area contributed by atoms with Crippen LogP contribution in [-0.2, 0) is 9.47 Å². The SMILES string of the molecule is COCC(C)NC(N)=NCC1(N2CCOCC2)CCCCC1. The summed E-state index contributed by atoms with van der Waals surface area (Å²) in [5, 5.41) is 3.20. The summed E-state index contributed by atoms with van der Waals surface area (Å²) in [6, 6.07) is 0.180. The monoisotopic (exact) mass is 312 g/mol. The predicted octanol–water partition coefficient (Wildman–Crippen LogP) is 0.961. The Kier molecular flexibility index (Phi) is 6.92. The lowest BCUT2D eigenvalue weighted by atomic mass is 9.80. The van der Waals surface area contributed by atoms with Crippen LogP contribution in [-0.4, -0.2) is 69.0 Å². The third-order valence-electron chi connectivity index (χ3n) is 4.82. The summed E-state index contributed by atoms with van der Waals surface area (Å²) in [7, 11) is 1.70. The summed E-state index contributed by atoms with van der Waals surface area (Å²) >= 11 is 0. The van der Waals surface area contributed by atoms with Crippen LogP contribution in [0.4, 0.5) is 0 Å². The number of guanidine groups is 1. The van der Waals surface area contributed by atoms with Gasteiger partial charge < -0.3 is 20.5 Å². The van der Waals surface area contributed by atoms with Gasteiger partial charge in [0.05, 0.1) is 26.4 Å². The number of morpholine rings is 1. The van der Waals surface area contributed by atoms with Gasteiger partial charge in [0.2, 0.25) is 0 Å². The molecule has 1 heterocycles. The van der Waals surface area contributed by atoms with E-state index in [4.69, 9.17) is 15.2 Å². The highest BCUT2D eigenvalue weighted by molar-refractivity contribution is 5.78. The van der Waals surface area contributed by atoms with Crippen LogP contribution in [0.3, 0.4) is 0 Å². The average molecular weight is 312 g/mol. The highest BCUT2D eigenvalue weighted by Crippen LogP contribution is 2.34. The van der Waals surface area contributed by atoms with Gasteiger partial charge in [-0.2, -0.15) is 0 Å². The zero-order valence-electron chi connectivity index (χ0n) is 14.1. The first-order chi connectivity index (χ1) is 10.7. The van der Waals surface area contributed by atoms with Gasteiger partial charge in [0.1, 0.15) is 0 Å². The second-order valence-electron chi connectivity index (χ2n) is 6.59. The molecule has 1 saturated carbocycles. The third kappa shape index (κ3) is 4.83. The molecule has 128 valence electrons. The molecule has 3 N–H and O–H groups in total. The molecular weight excluding hydrogens is 280 g/mol. The summed E-state index contributed by atoms with van der Waals surface area (Å²) in [6.45, 7) is 7.17. The minimum absolute atomic E-state index is 0.179. The van der Waals surface area contributed by atoms with Crippen molar-refractivity contribution in [2.45, 2.75) is 50.6 Å². The molecule has 22 heavy (non-hydrogen) atoms. The molecule has 1 aliphatic heterocycles. The van der Waals surface area contributed by atoms with Crippen LogP contribution in [0.1, 0.15) is 39.0 Å². The van der Waals surface area contributed by atoms with Crippen LogP contribution in [0.2, 0.25) is 0 Å². The van der Waals surface area contributed by atoms with E-state index < -0.39 is 0 Å². The van der Waals surface area contributed by atoms with Gasteiger partial charge in [-0.1, -0.05) is 19.3 Å². The Bertz CT molecular complexity index is 350. The molecular formula is C16H32N4O2. The summed E-state index contributed by atoms with van der Waals surface area (Å²) in [6.07, 6.45) is 6.36. The molecule has 1 saturated heterocycles. The van der Waals surface area contributed by atoms with Crippen molar-refractivity contribution in [3.63, 3.8) is 0 Å². The molecule has 0 radical (unpaired) electrons. The quantitative estimate of drug-likeness (QED) is 0.565. The van der Waals surface area contributed by atoms with E-state index >= 15 is 0 Å². The Morgan fingerprint density at radius 1 is 1.32 bits per heavy atom. The topological polar surface area (TPSA) is 72.1 Å². The number of rotatable bonds is 6. The van der Waals surface area contributed by atoms with Gasteiger partial charge in [0.25, 0.3) is 0 Å². The lowest BCUT2D eigenvalue weighted by Crippen LogP contribution is -2.56. The molecule has 6 nitrogen and oxygen atoms in total. The van der Waals surface area contributed by atoms with Crippen molar-refractivity contribution in [1.29, 1.82) is 0 Å². The zero-order valence-corrected chi connectivity index (χ0v) is 14.1. The number of hydrogen-bond acceptors (Lipinski definition) is 4. The molecule has 0 spiro atoms. The fraction of sp³-hybridized carbons (Fsp3) is 0.938. The van der Waals surface area contributed by atoms with Crippen LogP contribution < -0.4 is 11.1 Å². The van der Waals surface area contributed by atoms with Crippen LogP contribution in [0.25, 0.3) is 0 Å². The van der Waals surface area contributed by atoms with Gasteiger partial charge in [0.15, 0.2) is 5.96 Å². The number of nitrogens with zero attached hydrogens (tertiary/aromatic N) is 2.